The van der Waals surface area contributed by atoms with Crippen LogP contribution >= 0.6 is 11.8 Å². The largest absolute Gasteiger partial charge is 0.478 e. The monoisotopic (exact) mass is 231 g/mol. The van der Waals surface area contributed by atoms with Gasteiger partial charge in [-0.15, -0.1) is 11.8 Å². The van der Waals surface area contributed by atoms with E-state index in [1.54, 1.807) is 7.11 Å². The maximum atomic E-state index is 12.7. The third-order valence-corrected chi connectivity index (χ3v) is 2.54. The summed E-state index contributed by atoms with van der Waals surface area (Å²) in [6.07, 6.45) is 1.00. The molecular formula is C9H10FNO3S. The molecule has 1 heterocycles. The maximum Gasteiger partial charge on any atom is 0.338 e. The maximum absolute atomic E-state index is 12.7. The van der Waals surface area contributed by atoms with Gasteiger partial charge in [-0.2, -0.15) is 0 Å². The zero-order valence-corrected chi connectivity index (χ0v) is 8.88. The molecule has 0 unspecified atom stereocenters. The molecule has 0 atom stereocenters. The van der Waals surface area contributed by atoms with E-state index in [4.69, 9.17) is 9.84 Å². The van der Waals surface area contributed by atoms with Crippen molar-refractivity contribution in [2.45, 2.75) is 5.03 Å². The molecule has 1 N–H and O–H groups in total. The number of hydrogen-bond donors (Lipinski definition) is 1. The number of aromatic nitrogens is 1. The number of aromatic carboxylic acids is 1. The summed E-state index contributed by atoms with van der Waals surface area (Å²) in [6, 6.07) is 0.963. The first kappa shape index (κ1) is 11.9. The molecule has 6 heteroatoms. The lowest BCUT2D eigenvalue weighted by Gasteiger charge is -2.03. The van der Waals surface area contributed by atoms with Gasteiger partial charge in [0, 0.05) is 12.9 Å². The summed E-state index contributed by atoms with van der Waals surface area (Å²) in [5, 5.41) is 9.10. The van der Waals surface area contributed by atoms with E-state index in [0.29, 0.717) is 17.4 Å². The Hall–Kier alpha value is -1.14. The average molecular weight is 231 g/mol. The summed E-state index contributed by atoms with van der Waals surface area (Å²) in [7, 11) is 1.55. The highest BCUT2D eigenvalue weighted by Gasteiger charge is 2.12. The van der Waals surface area contributed by atoms with E-state index in [0.717, 1.165) is 12.3 Å². The molecular weight excluding hydrogens is 221 g/mol. The number of carboxylic acid groups (broad SMARTS) is 1. The molecule has 0 spiro atoms. The minimum Gasteiger partial charge on any atom is -0.478 e. The van der Waals surface area contributed by atoms with Crippen molar-refractivity contribution < 1.29 is 19.0 Å². The second-order valence-electron chi connectivity index (χ2n) is 2.65. The van der Waals surface area contributed by atoms with Crippen LogP contribution in [-0.4, -0.2) is 35.5 Å². The minimum absolute atomic E-state index is 0.115. The summed E-state index contributed by atoms with van der Waals surface area (Å²) >= 11 is 1.23. The van der Waals surface area contributed by atoms with Crippen molar-refractivity contribution in [1.29, 1.82) is 0 Å². The van der Waals surface area contributed by atoms with Gasteiger partial charge < -0.3 is 9.84 Å². The molecule has 82 valence electrons. The lowest BCUT2D eigenvalue weighted by atomic mass is 10.3. The molecule has 0 fully saturated rings. The van der Waals surface area contributed by atoms with E-state index in [2.05, 4.69) is 4.98 Å². The van der Waals surface area contributed by atoms with E-state index in [1.807, 2.05) is 0 Å². The van der Waals surface area contributed by atoms with Crippen molar-refractivity contribution in [2.75, 3.05) is 19.5 Å². The predicted octanol–water partition coefficient (Wildman–Crippen LogP) is 1.66. The number of carboxylic acids is 1. The first-order chi connectivity index (χ1) is 7.15. The van der Waals surface area contributed by atoms with Crippen molar-refractivity contribution in [3.05, 3.63) is 23.6 Å². The fourth-order valence-electron chi connectivity index (χ4n) is 0.917. The lowest BCUT2D eigenvalue weighted by molar-refractivity contribution is 0.0691. The second kappa shape index (κ2) is 5.67. The number of halogens is 1. The Kier molecular flexibility index (Phi) is 4.51. The van der Waals surface area contributed by atoms with Crippen molar-refractivity contribution in [2.24, 2.45) is 0 Å². The van der Waals surface area contributed by atoms with Crippen molar-refractivity contribution in [3.8, 4) is 0 Å². The standard InChI is InChI=1S/C9H10FNO3S/c1-14-2-3-15-8-7(9(12)13)4-6(10)5-11-8/h4-5H,2-3H2,1H3,(H,12,13). The average Bonchev–Trinajstić information content (AvgIpc) is 2.20. The highest BCUT2D eigenvalue weighted by Crippen LogP contribution is 2.20. The van der Waals surface area contributed by atoms with Gasteiger partial charge in [0.15, 0.2) is 0 Å². The molecule has 15 heavy (non-hydrogen) atoms. The smallest absolute Gasteiger partial charge is 0.338 e. The molecule has 0 saturated carbocycles. The van der Waals surface area contributed by atoms with Crippen LogP contribution in [0.2, 0.25) is 0 Å². The number of nitrogens with zero attached hydrogens (tertiary/aromatic N) is 1. The lowest BCUT2D eigenvalue weighted by Crippen LogP contribution is -2.03. The van der Waals surface area contributed by atoms with Crippen LogP contribution in [0.25, 0.3) is 0 Å². The Balaban J connectivity index is 2.81. The number of thioether (sulfide) groups is 1. The summed E-state index contributed by atoms with van der Waals surface area (Å²) < 4.78 is 17.6. The van der Waals surface area contributed by atoms with Crippen LogP contribution in [0, 0.1) is 5.82 Å². The molecule has 0 aromatic carbocycles. The molecule has 0 bridgehead atoms. The Morgan fingerprint density at radius 1 is 1.73 bits per heavy atom. The zero-order valence-electron chi connectivity index (χ0n) is 8.07. The van der Waals surface area contributed by atoms with Gasteiger partial charge in [-0.05, 0) is 6.07 Å². The van der Waals surface area contributed by atoms with Crippen LogP contribution in [0.5, 0.6) is 0 Å². The van der Waals surface area contributed by atoms with E-state index in [-0.39, 0.29) is 5.56 Å². The van der Waals surface area contributed by atoms with Crippen LogP contribution < -0.4 is 0 Å². The fourth-order valence-corrected chi connectivity index (χ4v) is 1.79. The molecule has 1 aromatic rings. The van der Waals surface area contributed by atoms with Crippen LogP contribution in [0.4, 0.5) is 4.39 Å². The van der Waals surface area contributed by atoms with Crippen LogP contribution in [0.1, 0.15) is 10.4 Å². The molecule has 4 nitrogen and oxygen atoms in total. The Labute approximate surface area is 90.5 Å². The second-order valence-corrected chi connectivity index (χ2v) is 3.74. The Morgan fingerprint density at radius 2 is 2.47 bits per heavy atom. The van der Waals surface area contributed by atoms with Crippen LogP contribution in [-0.2, 0) is 4.74 Å². The molecule has 0 aliphatic heterocycles. The molecule has 0 aliphatic rings. The van der Waals surface area contributed by atoms with E-state index >= 15 is 0 Å². The number of hydrogen-bond acceptors (Lipinski definition) is 4. The van der Waals surface area contributed by atoms with Gasteiger partial charge in [-0.25, -0.2) is 14.2 Å². The topological polar surface area (TPSA) is 59.4 Å². The summed E-state index contributed by atoms with van der Waals surface area (Å²) in [5.74, 6) is -1.25. The number of rotatable bonds is 5. The quantitative estimate of drug-likeness (QED) is 0.617. The fraction of sp³-hybridized carbons (Fsp3) is 0.333. The van der Waals surface area contributed by atoms with E-state index < -0.39 is 11.8 Å². The molecule has 1 rings (SSSR count). The molecule has 0 saturated heterocycles. The van der Waals surface area contributed by atoms with Gasteiger partial charge in [0.05, 0.1) is 18.4 Å². The number of carbonyl (C=O) groups is 1. The van der Waals surface area contributed by atoms with Crippen molar-refractivity contribution >= 4 is 17.7 Å². The van der Waals surface area contributed by atoms with Crippen LogP contribution in [0.15, 0.2) is 17.3 Å². The Bertz CT molecular complexity index is 359. The number of pyridine rings is 1. The van der Waals surface area contributed by atoms with Gasteiger partial charge in [0.1, 0.15) is 10.8 Å². The summed E-state index contributed by atoms with van der Waals surface area (Å²) in [5.41, 5.74) is -0.115. The third kappa shape index (κ3) is 3.49. The number of ether oxygens (including phenoxy) is 1. The summed E-state index contributed by atoms with van der Waals surface area (Å²) in [6.45, 7) is 0.489. The SMILES string of the molecule is COCCSc1ncc(F)cc1C(=O)O. The molecule has 0 amide bonds. The van der Waals surface area contributed by atoms with E-state index in [1.165, 1.54) is 11.8 Å². The minimum atomic E-state index is -1.18. The molecule has 0 aliphatic carbocycles. The van der Waals surface area contributed by atoms with Crippen molar-refractivity contribution in [3.63, 3.8) is 0 Å². The molecule has 0 radical (unpaired) electrons. The highest BCUT2D eigenvalue weighted by molar-refractivity contribution is 7.99. The third-order valence-electron chi connectivity index (χ3n) is 1.57. The highest BCUT2D eigenvalue weighted by atomic mass is 32.2. The van der Waals surface area contributed by atoms with Gasteiger partial charge in [-0.3, -0.25) is 0 Å². The molecule has 1 aromatic heterocycles. The summed E-state index contributed by atoms with van der Waals surface area (Å²) in [4.78, 5) is 14.5. The predicted molar refractivity (Wildman–Crippen MR) is 53.8 cm³/mol. The first-order valence-electron chi connectivity index (χ1n) is 4.15. The zero-order chi connectivity index (χ0) is 11.3. The normalized spacial score (nSPS) is 10.3. The van der Waals surface area contributed by atoms with Gasteiger partial charge in [0.25, 0.3) is 0 Å². The van der Waals surface area contributed by atoms with Crippen molar-refractivity contribution in [1.82, 2.24) is 4.98 Å². The Morgan fingerprint density at radius 3 is 3.07 bits per heavy atom. The van der Waals surface area contributed by atoms with Gasteiger partial charge in [-0.1, -0.05) is 0 Å². The number of methoxy groups -OCH3 is 1. The van der Waals surface area contributed by atoms with E-state index in [9.17, 15) is 9.18 Å². The van der Waals surface area contributed by atoms with Gasteiger partial charge >= 0.3 is 5.97 Å². The first-order valence-corrected chi connectivity index (χ1v) is 5.14. The van der Waals surface area contributed by atoms with Gasteiger partial charge in [0.2, 0.25) is 0 Å². The van der Waals surface area contributed by atoms with Crippen LogP contribution in [0.3, 0.4) is 0 Å².